The number of aliphatic hydroxyl groups is 1. The van der Waals surface area contributed by atoms with Crippen molar-refractivity contribution in [2.45, 2.75) is 38.3 Å². The Hall–Kier alpha value is -3.81. The molecule has 2 aromatic carbocycles. The molecule has 35 heavy (non-hydrogen) atoms. The van der Waals surface area contributed by atoms with Crippen LogP contribution < -0.4 is 10.1 Å². The molecule has 2 N–H and O–H groups in total. The molecule has 1 amide bonds. The first-order valence-corrected chi connectivity index (χ1v) is 11.6. The minimum atomic E-state index is -1.33. The van der Waals surface area contributed by atoms with Gasteiger partial charge in [-0.25, -0.2) is 4.99 Å². The Morgan fingerprint density at radius 2 is 2.09 bits per heavy atom. The maximum Gasteiger partial charge on any atom is 0.252 e. The highest BCUT2D eigenvalue weighted by atomic mass is 16.5. The number of azide groups is 1. The molecule has 2 atom stereocenters. The van der Waals surface area contributed by atoms with Crippen LogP contribution in [0.25, 0.3) is 10.4 Å². The van der Waals surface area contributed by atoms with Crippen LogP contribution in [0.15, 0.2) is 71.3 Å². The summed E-state index contributed by atoms with van der Waals surface area (Å²) in [4.78, 5) is 21.4. The van der Waals surface area contributed by atoms with E-state index in [1.54, 1.807) is 54.6 Å². The SMILES string of the molecule is C=CC[C@@]1(C(=O)NCC(C)C)N=C(c2ccc(OCCCO)cc2)O[C@@H]1c1ccccc1N=[N+]=[N-]. The van der Waals surface area contributed by atoms with Gasteiger partial charge in [0.2, 0.25) is 5.90 Å². The quantitative estimate of drug-likeness (QED) is 0.147. The van der Waals surface area contributed by atoms with Gasteiger partial charge in [-0.3, -0.25) is 4.79 Å². The molecular weight excluding hydrogens is 446 g/mol. The number of ether oxygens (including phenoxy) is 2. The highest BCUT2D eigenvalue weighted by Gasteiger charge is 2.52. The Morgan fingerprint density at radius 1 is 1.34 bits per heavy atom. The van der Waals surface area contributed by atoms with Crippen LogP contribution in [0.4, 0.5) is 5.69 Å². The van der Waals surface area contributed by atoms with Gasteiger partial charge in [0.15, 0.2) is 11.6 Å². The number of benzene rings is 2. The Kier molecular flexibility index (Phi) is 8.89. The predicted octanol–water partition coefficient (Wildman–Crippen LogP) is 4.99. The first kappa shape index (κ1) is 25.8. The number of aliphatic imine (C=N–C) groups is 1. The molecule has 9 heteroatoms. The van der Waals surface area contributed by atoms with Crippen molar-refractivity contribution in [1.29, 1.82) is 0 Å². The van der Waals surface area contributed by atoms with Crippen molar-refractivity contribution in [1.82, 2.24) is 5.32 Å². The molecule has 0 radical (unpaired) electrons. The minimum Gasteiger partial charge on any atom is -0.494 e. The summed E-state index contributed by atoms with van der Waals surface area (Å²) in [5.74, 6) is 0.913. The minimum absolute atomic E-state index is 0.0612. The average molecular weight is 478 g/mol. The maximum absolute atomic E-state index is 13.6. The second kappa shape index (κ2) is 12.1. The second-order valence-electron chi connectivity index (χ2n) is 8.63. The van der Waals surface area contributed by atoms with Crippen molar-refractivity contribution < 1.29 is 19.4 Å². The molecule has 0 saturated carbocycles. The fourth-order valence-electron chi connectivity index (χ4n) is 3.81. The second-order valence-corrected chi connectivity index (χ2v) is 8.63. The monoisotopic (exact) mass is 477 g/mol. The lowest BCUT2D eigenvalue weighted by Crippen LogP contribution is -2.48. The highest BCUT2D eigenvalue weighted by molar-refractivity contribution is 6.01. The van der Waals surface area contributed by atoms with Crippen molar-refractivity contribution >= 4 is 17.5 Å². The van der Waals surface area contributed by atoms with Crippen LogP contribution in [0.5, 0.6) is 5.75 Å². The van der Waals surface area contributed by atoms with Crippen molar-refractivity contribution in [2.24, 2.45) is 16.0 Å². The predicted molar refractivity (Wildman–Crippen MR) is 135 cm³/mol. The van der Waals surface area contributed by atoms with Gasteiger partial charge in [0.05, 0.1) is 6.61 Å². The van der Waals surface area contributed by atoms with E-state index in [4.69, 9.17) is 25.1 Å². The Labute approximate surface area is 205 Å². The summed E-state index contributed by atoms with van der Waals surface area (Å²) in [5.41, 5.74) is 9.35. The van der Waals surface area contributed by atoms with Gasteiger partial charge >= 0.3 is 0 Å². The zero-order chi connectivity index (χ0) is 25.3. The number of carbonyl (C=O) groups is 1. The van der Waals surface area contributed by atoms with Crippen LogP contribution in [-0.2, 0) is 9.53 Å². The normalized spacial score (nSPS) is 18.9. The topological polar surface area (TPSA) is 129 Å². The first-order chi connectivity index (χ1) is 16.9. The number of nitrogens with zero attached hydrogens (tertiary/aromatic N) is 4. The van der Waals surface area contributed by atoms with Crippen molar-refractivity contribution in [3.05, 3.63) is 82.8 Å². The summed E-state index contributed by atoms with van der Waals surface area (Å²) in [6, 6.07) is 14.2. The van der Waals surface area contributed by atoms with Crippen LogP contribution >= 0.6 is 0 Å². The van der Waals surface area contributed by atoms with Crippen LogP contribution in [0.2, 0.25) is 0 Å². The van der Waals surface area contributed by atoms with Crippen molar-refractivity contribution in [3.8, 4) is 5.75 Å². The Morgan fingerprint density at radius 3 is 2.74 bits per heavy atom. The third-order valence-corrected chi connectivity index (χ3v) is 5.53. The summed E-state index contributed by atoms with van der Waals surface area (Å²) >= 11 is 0. The van der Waals surface area contributed by atoms with Gasteiger partial charge in [-0.15, -0.1) is 6.58 Å². The van der Waals surface area contributed by atoms with Crippen LogP contribution in [0, 0.1) is 5.92 Å². The lowest BCUT2D eigenvalue weighted by Gasteiger charge is -2.30. The highest BCUT2D eigenvalue weighted by Crippen LogP contribution is 2.45. The summed E-state index contributed by atoms with van der Waals surface area (Å²) in [6.07, 6.45) is 1.58. The molecule has 9 nitrogen and oxygen atoms in total. The van der Waals surface area contributed by atoms with E-state index in [-0.39, 0.29) is 24.9 Å². The van der Waals surface area contributed by atoms with Gasteiger partial charge < -0.3 is 19.9 Å². The number of hydrogen-bond acceptors (Lipinski definition) is 6. The number of carbonyl (C=O) groups excluding carboxylic acids is 1. The number of hydrogen-bond donors (Lipinski definition) is 2. The summed E-state index contributed by atoms with van der Waals surface area (Å²) in [5, 5.41) is 15.7. The lowest BCUT2D eigenvalue weighted by atomic mass is 9.83. The first-order valence-electron chi connectivity index (χ1n) is 11.6. The van der Waals surface area contributed by atoms with Gasteiger partial charge in [0, 0.05) is 47.7 Å². The zero-order valence-corrected chi connectivity index (χ0v) is 20.1. The Balaban J connectivity index is 2.04. The van der Waals surface area contributed by atoms with Crippen molar-refractivity contribution in [3.63, 3.8) is 0 Å². The largest absolute Gasteiger partial charge is 0.494 e. The molecule has 0 spiro atoms. The molecular formula is C26H31N5O4. The molecule has 0 aromatic heterocycles. The molecule has 3 rings (SSSR count). The van der Waals surface area contributed by atoms with Gasteiger partial charge in [-0.1, -0.05) is 49.3 Å². The smallest absolute Gasteiger partial charge is 0.252 e. The standard InChI is InChI=1S/C26H31N5O4/c1-4-14-26(25(33)28-17-18(2)3)23(21-8-5-6-9-22(21)30-31-27)35-24(29-26)19-10-12-20(13-11-19)34-16-7-15-32/h4-6,8-13,18,23,32H,1,7,14-17H2,2-3H3,(H,28,33)/t23-,26-/m1/s1. The van der Waals surface area contributed by atoms with E-state index in [0.29, 0.717) is 48.0 Å². The van der Waals surface area contributed by atoms with Gasteiger partial charge in [0.25, 0.3) is 5.91 Å². The van der Waals surface area contributed by atoms with E-state index in [0.717, 1.165) is 0 Å². The summed E-state index contributed by atoms with van der Waals surface area (Å²) in [7, 11) is 0. The molecule has 184 valence electrons. The van der Waals surface area contributed by atoms with Crippen molar-refractivity contribution in [2.75, 3.05) is 19.8 Å². The van der Waals surface area contributed by atoms with Gasteiger partial charge in [-0.2, -0.15) is 0 Å². The molecule has 0 unspecified atom stereocenters. The lowest BCUT2D eigenvalue weighted by molar-refractivity contribution is -0.129. The summed E-state index contributed by atoms with van der Waals surface area (Å²) in [6.45, 7) is 8.83. The van der Waals surface area contributed by atoms with Gasteiger partial charge in [-0.05, 0) is 35.7 Å². The van der Waals surface area contributed by atoms with E-state index in [1.807, 2.05) is 13.8 Å². The molecule has 0 fully saturated rings. The van der Waals surface area contributed by atoms with E-state index < -0.39 is 11.6 Å². The molecule has 2 aromatic rings. The molecule has 1 heterocycles. The fraction of sp³-hybridized carbons (Fsp3) is 0.385. The summed E-state index contributed by atoms with van der Waals surface area (Å²) < 4.78 is 11.9. The van der Waals surface area contributed by atoms with E-state index in [9.17, 15) is 4.79 Å². The Bertz CT molecular complexity index is 1110. The fourth-order valence-corrected chi connectivity index (χ4v) is 3.81. The van der Waals surface area contributed by atoms with Gasteiger partial charge in [0.1, 0.15) is 5.75 Å². The third-order valence-electron chi connectivity index (χ3n) is 5.53. The van der Waals surface area contributed by atoms with Crippen LogP contribution in [0.1, 0.15) is 43.9 Å². The number of amides is 1. The van der Waals surface area contributed by atoms with E-state index in [2.05, 4.69) is 21.9 Å². The molecule has 1 aliphatic rings. The molecule has 0 bridgehead atoms. The third kappa shape index (κ3) is 6.01. The molecule has 0 aliphatic carbocycles. The molecule has 1 aliphatic heterocycles. The average Bonchev–Trinajstić information content (AvgIpc) is 3.24. The molecule has 0 saturated heterocycles. The maximum atomic E-state index is 13.6. The van der Waals surface area contributed by atoms with Crippen LogP contribution in [-0.4, -0.2) is 42.2 Å². The number of rotatable bonds is 12. The number of nitrogens with one attached hydrogen (secondary N) is 1. The van der Waals surface area contributed by atoms with E-state index >= 15 is 0 Å². The van der Waals surface area contributed by atoms with Crippen LogP contribution in [0.3, 0.4) is 0 Å². The van der Waals surface area contributed by atoms with E-state index in [1.165, 1.54) is 0 Å². The zero-order valence-electron chi connectivity index (χ0n) is 20.1. The number of aliphatic hydroxyl groups excluding tert-OH is 1.